The van der Waals surface area contributed by atoms with Gasteiger partial charge in [0.2, 0.25) is 0 Å². The highest BCUT2D eigenvalue weighted by Crippen LogP contribution is 2.27. The van der Waals surface area contributed by atoms with Crippen LogP contribution in [0.15, 0.2) is 0 Å². The Balaban J connectivity index is 2.35. The number of aliphatic hydroxyl groups is 1. The molecule has 0 aromatic carbocycles. The van der Waals surface area contributed by atoms with Gasteiger partial charge >= 0.3 is 0 Å². The number of hydrogen-bond donors (Lipinski definition) is 2. The minimum atomic E-state index is -1.46. The second-order valence-electron chi connectivity index (χ2n) is 5.23. The van der Waals surface area contributed by atoms with Crippen molar-refractivity contribution in [2.24, 2.45) is 5.73 Å². The summed E-state index contributed by atoms with van der Waals surface area (Å²) in [7, 11) is 0. The number of carbonyl (C=O) groups excluding carboxylic acids is 1. The summed E-state index contributed by atoms with van der Waals surface area (Å²) in [5.41, 5.74) is 5.71. The first-order valence-corrected chi connectivity index (χ1v) is 6.42. The minimum absolute atomic E-state index is 0.194. The molecule has 1 fully saturated rings. The second kappa shape index (κ2) is 4.77. The largest absolute Gasteiger partial charge is 0.378 e. The zero-order valence-electron chi connectivity index (χ0n) is 11.6. The Labute approximate surface area is 112 Å². The maximum Gasteiger partial charge on any atom is 0.251 e. The monoisotopic (exact) mass is 264 g/mol. The third-order valence-electron chi connectivity index (χ3n) is 3.70. The molecule has 2 heterocycles. The molecule has 2 rings (SSSR count). The molecule has 6 nitrogen and oxygen atoms in total. The van der Waals surface area contributed by atoms with E-state index in [0.717, 1.165) is 23.6 Å². The van der Waals surface area contributed by atoms with Crippen LogP contribution >= 0.6 is 0 Å². The molecule has 3 N–H and O–H groups in total. The van der Waals surface area contributed by atoms with Crippen molar-refractivity contribution >= 4 is 11.7 Å². The molecule has 0 spiro atoms. The molecule has 1 aliphatic heterocycles. The molecule has 1 aromatic rings. The second-order valence-corrected chi connectivity index (χ2v) is 5.23. The number of aryl methyl sites for hydroxylation is 2. The number of hydrogen-bond acceptors (Lipinski definition) is 5. The number of aromatic nitrogens is 2. The van der Waals surface area contributed by atoms with Crippen molar-refractivity contribution in [3.63, 3.8) is 0 Å². The molecule has 1 aromatic heterocycles. The molecule has 0 radical (unpaired) electrons. The van der Waals surface area contributed by atoms with Crippen LogP contribution in [-0.4, -0.2) is 39.7 Å². The van der Waals surface area contributed by atoms with Crippen LogP contribution in [0.3, 0.4) is 0 Å². The van der Waals surface area contributed by atoms with Crippen LogP contribution in [-0.2, 0) is 4.79 Å². The first kappa shape index (κ1) is 13.7. The topological polar surface area (TPSA) is 92.3 Å². The van der Waals surface area contributed by atoms with Crippen molar-refractivity contribution in [3.05, 3.63) is 17.1 Å². The lowest BCUT2D eigenvalue weighted by Gasteiger charge is -2.38. The Bertz CT molecular complexity index is 518. The van der Waals surface area contributed by atoms with Crippen LogP contribution in [0.2, 0.25) is 0 Å². The van der Waals surface area contributed by atoms with Gasteiger partial charge < -0.3 is 15.7 Å². The third kappa shape index (κ3) is 2.53. The van der Waals surface area contributed by atoms with Gasteiger partial charge in [0.25, 0.3) is 5.91 Å². The highest BCUT2D eigenvalue weighted by atomic mass is 16.3. The van der Waals surface area contributed by atoms with Gasteiger partial charge in [-0.2, -0.15) is 0 Å². The highest BCUT2D eigenvalue weighted by Gasteiger charge is 2.39. The average Bonchev–Trinajstić information content (AvgIpc) is 2.33. The first-order chi connectivity index (χ1) is 8.83. The van der Waals surface area contributed by atoms with Crippen molar-refractivity contribution in [1.29, 1.82) is 0 Å². The molecule has 0 aliphatic carbocycles. The molecule has 19 heavy (non-hydrogen) atoms. The molecular formula is C13H20N4O2. The number of anilines is 1. The fraction of sp³-hybridized carbons (Fsp3) is 0.615. The van der Waals surface area contributed by atoms with E-state index >= 15 is 0 Å². The number of β-amino-alcohol motifs (C(OH)–C–C–N with tert-alkyl or cyclic N) is 1. The lowest BCUT2D eigenvalue weighted by Crippen LogP contribution is -2.56. The van der Waals surface area contributed by atoms with E-state index in [1.54, 1.807) is 0 Å². The lowest BCUT2D eigenvalue weighted by atomic mass is 9.92. The Morgan fingerprint density at radius 2 is 2.05 bits per heavy atom. The predicted octanol–water partition coefficient (Wildman–Crippen LogP) is 0.218. The molecular weight excluding hydrogens is 244 g/mol. The van der Waals surface area contributed by atoms with E-state index < -0.39 is 11.5 Å². The third-order valence-corrected chi connectivity index (χ3v) is 3.70. The quantitative estimate of drug-likeness (QED) is 0.797. The molecule has 1 aliphatic rings. The Morgan fingerprint density at radius 1 is 1.37 bits per heavy atom. The minimum Gasteiger partial charge on any atom is -0.378 e. The van der Waals surface area contributed by atoms with E-state index in [4.69, 9.17) is 5.73 Å². The fourth-order valence-corrected chi connectivity index (χ4v) is 2.48. The number of carbonyl (C=O) groups is 1. The molecule has 0 saturated carbocycles. The van der Waals surface area contributed by atoms with E-state index in [-0.39, 0.29) is 6.54 Å². The summed E-state index contributed by atoms with van der Waals surface area (Å²) in [4.78, 5) is 22.0. The SMILES string of the molecule is Cc1nc(C)c(C)c(N2CCCC(O)(C(N)=O)C2)n1. The summed E-state index contributed by atoms with van der Waals surface area (Å²) in [5.74, 6) is 0.799. The standard InChI is InChI=1S/C13H20N4O2/c1-8-9(2)15-10(3)16-11(8)17-6-4-5-13(19,7-17)12(14)18/h19H,4-7H2,1-3H3,(H2,14,18). The van der Waals surface area contributed by atoms with Gasteiger partial charge in [-0.25, -0.2) is 9.97 Å². The summed E-state index contributed by atoms with van der Waals surface area (Å²) >= 11 is 0. The number of nitrogens with zero attached hydrogens (tertiary/aromatic N) is 3. The van der Waals surface area contributed by atoms with Crippen LogP contribution in [0, 0.1) is 20.8 Å². The Kier molecular flexibility index (Phi) is 3.45. The van der Waals surface area contributed by atoms with Gasteiger partial charge in [-0.1, -0.05) is 0 Å². The van der Waals surface area contributed by atoms with Gasteiger partial charge in [0.1, 0.15) is 11.6 Å². The zero-order chi connectivity index (χ0) is 14.2. The molecule has 6 heteroatoms. The molecule has 1 amide bonds. The van der Waals surface area contributed by atoms with Gasteiger partial charge in [-0.15, -0.1) is 0 Å². The van der Waals surface area contributed by atoms with Crippen molar-refractivity contribution < 1.29 is 9.90 Å². The highest BCUT2D eigenvalue weighted by molar-refractivity contribution is 5.84. The first-order valence-electron chi connectivity index (χ1n) is 6.42. The number of primary amides is 1. The van der Waals surface area contributed by atoms with Crippen molar-refractivity contribution in [1.82, 2.24) is 9.97 Å². The number of rotatable bonds is 2. The number of amides is 1. The molecule has 0 bridgehead atoms. The lowest BCUT2D eigenvalue weighted by molar-refractivity contribution is -0.137. The smallest absolute Gasteiger partial charge is 0.251 e. The van der Waals surface area contributed by atoms with Crippen LogP contribution in [0.1, 0.15) is 29.9 Å². The number of piperidine rings is 1. The zero-order valence-corrected chi connectivity index (χ0v) is 11.6. The molecule has 104 valence electrons. The normalized spacial score (nSPS) is 23.5. The van der Waals surface area contributed by atoms with Gasteiger partial charge in [0, 0.05) is 17.8 Å². The molecule has 1 atom stereocenters. The van der Waals surface area contributed by atoms with Crippen molar-refractivity contribution in [3.8, 4) is 0 Å². The maximum absolute atomic E-state index is 11.4. The van der Waals surface area contributed by atoms with Gasteiger partial charge in [0.05, 0.1) is 6.54 Å². The van der Waals surface area contributed by atoms with E-state index in [1.807, 2.05) is 25.7 Å². The van der Waals surface area contributed by atoms with E-state index in [2.05, 4.69) is 9.97 Å². The van der Waals surface area contributed by atoms with E-state index in [0.29, 0.717) is 18.7 Å². The predicted molar refractivity (Wildman–Crippen MR) is 71.8 cm³/mol. The molecule has 1 saturated heterocycles. The van der Waals surface area contributed by atoms with E-state index in [1.165, 1.54) is 0 Å². The summed E-state index contributed by atoms with van der Waals surface area (Å²) < 4.78 is 0. The van der Waals surface area contributed by atoms with Crippen LogP contribution in [0.4, 0.5) is 5.82 Å². The Morgan fingerprint density at radius 3 is 2.68 bits per heavy atom. The maximum atomic E-state index is 11.4. The van der Waals surface area contributed by atoms with Crippen molar-refractivity contribution in [2.45, 2.75) is 39.2 Å². The van der Waals surface area contributed by atoms with Crippen molar-refractivity contribution in [2.75, 3.05) is 18.0 Å². The van der Waals surface area contributed by atoms with Gasteiger partial charge in [-0.3, -0.25) is 4.79 Å². The Hall–Kier alpha value is -1.69. The van der Waals surface area contributed by atoms with E-state index in [9.17, 15) is 9.90 Å². The van der Waals surface area contributed by atoms with Gasteiger partial charge in [-0.05, 0) is 33.6 Å². The van der Waals surface area contributed by atoms with Crippen LogP contribution in [0.25, 0.3) is 0 Å². The summed E-state index contributed by atoms with van der Waals surface area (Å²) in [6.45, 7) is 6.66. The molecule has 1 unspecified atom stereocenters. The van der Waals surface area contributed by atoms with Crippen LogP contribution < -0.4 is 10.6 Å². The number of nitrogens with two attached hydrogens (primary N) is 1. The van der Waals surface area contributed by atoms with Crippen LogP contribution in [0.5, 0.6) is 0 Å². The summed E-state index contributed by atoms with van der Waals surface area (Å²) in [6, 6.07) is 0. The summed E-state index contributed by atoms with van der Waals surface area (Å²) in [6.07, 6.45) is 1.11. The van der Waals surface area contributed by atoms with Gasteiger partial charge in [0.15, 0.2) is 5.60 Å². The summed E-state index contributed by atoms with van der Waals surface area (Å²) in [5, 5.41) is 10.3. The fourth-order valence-electron chi connectivity index (χ4n) is 2.48. The average molecular weight is 264 g/mol.